The molecule has 0 spiro atoms. The predicted molar refractivity (Wildman–Crippen MR) is 94.8 cm³/mol. The van der Waals surface area contributed by atoms with Crippen molar-refractivity contribution in [2.75, 3.05) is 25.9 Å². The zero-order valence-corrected chi connectivity index (χ0v) is 14.7. The third-order valence-electron chi connectivity index (χ3n) is 4.96. The Bertz CT molecular complexity index is 864. The third kappa shape index (κ3) is 2.55. The maximum absolute atomic E-state index is 12.7. The van der Waals surface area contributed by atoms with E-state index < -0.39 is 0 Å². The highest BCUT2D eigenvalue weighted by atomic mass is 16.7. The van der Waals surface area contributed by atoms with Crippen LogP contribution < -0.4 is 20.0 Å². The van der Waals surface area contributed by atoms with Crippen LogP contribution in [0.5, 0.6) is 11.5 Å². The van der Waals surface area contributed by atoms with Crippen LogP contribution in [0.4, 0.5) is 5.69 Å². The molecule has 0 saturated carbocycles. The van der Waals surface area contributed by atoms with Crippen molar-refractivity contribution in [2.45, 2.75) is 32.2 Å². The number of hydrogen-bond acceptors (Lipinski definition) is 6. The Balaban J connectivity index is 1.78. The average Bonchev–Trinajstić information content (AvgIpc) is 3.16. The van der Waals surface area contributed by atoms with Crippen molar-refractivity contribution in [1.29, 1.82) is 0 Å². The van der Waals surface area contributed by atoms with Gasteiger partial charge < -0.3 is 19.5 Å². The molecule has 0 fully saturated rings. The molecule has 2 aliphatic heterocycles. The minimum absolute atomic E-state index is 0.119. The number of unbranched alkanes of at least 4 members (excludes halogenated alkanes) is 1. The summed E-state index contributed by atoms with van der Waals surface area (Å²) in [5.74, 6) is 1.96. The van der Waals surface area contributed by atoms with Gasteiger partial charge in [0.1, 0.15) is 11.5 Å². The van der Waals surface area contributed by atoms with Crippen LogP contribution in [0.3, 0.4) is 0 Å². The predicted octanol–water partition coefficient (Wildman–Crippen LogP) is 2.69. The van der Waals surface area contributed by atoms with Crippen LogP contribution in [-0.4, -0.2) is 35.9 Å². The van der Waals surface area contributed by atoms with E-state index in [1.165, 1.54) is 0 Å². The number of hydrogen-bond donors (Lipinski definition) is 1. The Morgan fingerprint density at radius 3 is 2.88 bits per heavy atom. The fourth-order valence-electron chi connectivity index (χ4n) is 3.47. The summed E-state index contributed by atoms with van der Waals surface area (Å²) in [7, 11) is 3.91. The van der Waals surface area contributed by atoms with E-state index in [4.69, 9.17) is 14.5 Å². The first-order chi connectivity index (χ1) is 12.1. The highest BCUT2D eigenvalue weighted by Crippen LogP contribution is 2.39. The minimum Gasteiger partial charge on any atom is -0.454 e. The number of H-pyrrole nitrogens is 1. The molecule has 0 saturated heterocycles. The first-order valence-electron chi connectivity index (χ1n) is 8.61. The van der Waals surface area contributed by atoms with Crippen molar-refractivity contribution in [3.63, 3.8) is 0 Å². The molecule has 0 aliphatic carbocycles. The zero-order valence-electron chi connectivity index (χ0n) is 14.7. The molecule has 2 aromatic rings. The fraction of sp³-hybridized carbons (Fsp3) is 0.444. The van der Waals surface area contributed by atoms with Gasteiger partial charge in [0.2, 0.25) is 6.79 Å². The Labute approximate surface area is 146 Å². The van der Waals surface area contributed by atoms with Crippen molar-refractivity contribution in [1.82, 2.24) is 15.0 Å². The lowest BCUT2D eigenvalue weighted by molar-refractivity contribution is 0.174. The Hall–Kier alpha value is -2.54. The van der Waals surface area contributed by atoms with Crippen molar-refractivity contribution >= 4 is 5.69 Å². The van der Waals surface area contributed by atoms with Gasteiger partial charge in [0.15, 0.2) is 11.5 Å². The summed E-state index contributed by atoms with van der Waals surface area (Å²) >= 11 is 0. The highest BCUT2D eigenvalue weighted by molar-refractivity contribution is 5.64. The number of anilines is 1. The van der Waals surface area contributed by atoms with Gasteiger partial charge in [-0.25, -0.2) is 9.99 Å². The highest BCUT2D eigenvalue weighted by Gasteiger charge is 2.35. The van der Waals surface area contributed by atoms with Gasteiger partial charge in [-0.15, -0.1) is 0 Å². The van der Waals surface area contributed by atoms with E-state index in [0.717, 1.165) is 30.5 Å². The van der Waals surface area contributed by atoms with Crippen molar-refractivity contribution in [2.24, 2.45) is 0 Å². The van der Waals surface area contributed by atoms with Crippen molar-refractivity contribution < 1.29 is 9.47 Å². The second kappa shape index (κ2) is 6.07. The molecule has 0 bridgehead atoms. The van der Waals surface area contributed by atoms with E-state index in [9.17, 15) is 4.79 Å². The second-order valence-electron chi connectivity index (χ2n) is 6.47. The lowest BCUT2D eigenvalue weighted by Gasteiger charge is -2.25. The summed E-state index contributed by atoms with van der Waals surface area (Å²) in [6.45, 7) is 2.39. The van der Waals surface area contributed by atoms with Gasteiger partial charge in [0.25, 0.3) is 5.56 Å². The molecule has 2 aliphatic rings. The summed E-state index contributed by atoms with van der Waals surface area (Å²) in [5, 5.41) is 3.98. The SMILES string of the molecule is CCCCC1c2nc(-c3ccc4c(c3)OCO4)[nH]c(=O)c2N(C)N1C. The van der Waals surface area contributed by atoms with E-state index in [0.29, 0.717) is 23.0 Å². The molecule has 3 heterocycles. The van der Waals surface area contributed by atoms with Gasteiger partial charge in [-0.3, -0.25) is 4.79 Å². The number of aromatic nitrogens is 2. The number of hydrazine groups is 1. The summed E-state index contributed by atoms with van der Waals surface area (Å²) in [6.07, 6.45) is 3.18. The quantitative estimate of drug-likeness (QED) is 0.921. The largest absolute Gasteiger partial charge is 0.454 e. The minimum atomic E-state index is -0.119. The molecule has 7 nitrogen and oxygen atoms in total. The van der Waals surface area contributed by atoms with Gasteiger partial charge in [-0.05, 0) is 24.6 Å². The van der Waals surface area contributed by atoms with E-state index in [-0.39, 0.29) is 18.4 Å². The fourth-order valence-corrected chi connectivity index (χ4v) is 3.47. The molecule has 1 N–H and O–H groups in total. The van der Waals surface area contributed by atoms with Gasteiger partial charge in [0.05, 0.1) is 11.7 Å². The average molecular weight is 342 g/mol. The van der Waals surface area contributed by atoms with E-state index in [1.54, 1.807) is 0 Å². The number of benzene rings is 1. The monoisotopic (exact) mass is 342 g/mol. The molecule has 7 heteroatoms. The zero-order chi connectivity index (χ0) is 17.6. The van der Waals surface area contributed by atoms with Gasteiger partial charge >= 0.3 is 0 Å². The maximum atomic E-state index is 12.7. The summed E-state index contributed by atoms with van der Waals surface area (Å²) in [6, 6.07) is 5.71. The molecule has 1 aromatic carbocycles. The van der Waals surface area contributed by atoms with Crippen LogP contribution in [0.15, 0.2) is 23.0 Å². The molecule has 132 valence electrons. The molecule has 1 atom stereocenters. The van der Waals surface area contributed by atoms with E-state index >= 15 is 0 Å². The van der Waals surface area contributed by atoms with Crippen LogP contribution in [0.1, 0.15) is 37.9 Å². The van der Waals surface area contributed by atoms with Crippen LogP contribution in [0, 0.1) is 0 Å². The number of rotatable bonds is 4. The first-order valence-corrected chi connectivity index (χ1v) is 8.61. The number of ether oxygens (including phenoxy) is 2. The maximum Gasteiger partial charge on any atom is 0.276 e. The van der Waals surface area contributed by atoms with Crippen LogP contribution in [0.25, 0.3) is 11.4 Å². The van der Waals surface area contributed by atoms with E-state index in [2.05, 4.69) is 16.9 Å². The molecule has 0 amide bonds. The Kier molecular flexibility index (Phi) is 3.88. The van der Waals surface area contributed by atoms with Crippen LogP contribution >= 0.6 is 0 Å². The van der Waals surface area contributed by atoms with Gasteiger partial charge in [0, 0.05) is 19.7 Å². The molecule has 1 aromatic heterocycles. The van der Waals surface area contributed by atoms with Gasteiger partial charge in [-0.2, -0.15) is 0 Å². The van der Waals surface area contributed by atoms with Gasteiger partial charge in [-0.1, -0.05) is 19.8 Å². The van der Waals surface area contributed by atoms with Crippen molar-refractivity contribution in [3.05, 3.63) is 34.2 Å². The summed E-state index contributed by atoms with van der Waals surface area (Å²) in [5.41, 5.74) is 2.17. The number of nitrogens with one attached hydrogen (secondary N) is 1. The standard InChI is InChI=1S/C18H22N4O3/c1-4-5-6-12-15-16(22(3)21(12)2)18(23)20-17(19-15)11-7-8-13-14(9-11)25-10-24-13/h7-9,12H,4-6,10H2,1-3H3,(H,19,20,23). The normalized spacial score (nSPS) is 18.7. The Morgan fingerprint density at radius 1 is 1.28 bits per heavy atom. The molecule has 0 radical (unpaired) electrons. The molecule has 25 heavy (non-hydrogen) atoms. The van der Waals surface area contributed by atoms with Crippen molar-refractivity contribution in [3.8, 4) is 22.9 Å². The molecule has 1 unspecified atom stereocenters. The Morgan fingerprint density at radius 2 is 2.08 bits per heavy atom. The van der Waals surface area contributed by atoms with Crippen LogP contribution in [0.2, 0.25) is 0 Å². The lowest BCUT2D eigenvalue weighted by Crippen LogP contribution is -2.35. The van der Waals surface area contributed by atoms with Crippen LogP contribution in [-0.2, 0) is 0 Å². The third-order valence-corrected chi connectivity index (χ3v) is 4.96. The topological polar surface area (TPSA) is 70.7 Å². The molecule has 4 rings (SSSR count). The number of nitrogens with zero attached hydrogens (tertiary/aromatic N) is 3. The smallest absolute Gasteiger partial charge is 0.276 e. The second-order valence-corrected chi connectivity index (χ2v) is 6.47. The number of fused-ring (bicyclic) bond motifs is 2. The number of aromatic amines is 1. The van der Waals surface area contributed by atoms with E-state index in [1.807, 2.05) is 37.3 Å². The molecular weight excluding hydrogens is 320 g/mol. The first kappa shape index (κ1) is 16.0. The summed E-state index contributed by atoms with van der Waals surface area (Å²) < 4.78 is 10.8. The molecular formula is C18H22N4O3. The summed E-state index contributed by atoms with van der Waals surface area (Å²) in [4.78, 5) is 20.4. The lowest BCUT2D eigenvalue weighted by atomic mass is 10.1.